The van der Waals surface area contributed by atoms with Crippen molar-refractivity contribution in [2.45, 2.75) is 38.8 Å². The van der Waals surface area contributed by atoms with E-state index >= 15 is 0 Å². The van der Waals surface area contributed by atoms with E-state index in [1.54, 1.807) is 19.1 Å². The first-order chi connectivity index (χ1) is 9.52. The molecule has 0 aliphatic carbocycles. The van der Waals surface area contributed by atoms with Crippen molar-refractivity contribution in [1.29, 1.82) is 0 Å². The molecule has 0 aromatic heterocycles. The second-order valence-electron chi connectivity index (χ2n) is 5.69. The number of hydrogen-bond donors (Lipinski definition) is 1. The molecule has 0 saturated carbocycles. The summed E-state index contributed by atoms with van der Waals surface area (Å²) in [5.41, 5.74) is 1.23. The molecule has 0 radical (unpaired) electrons. The number of benzene rings is 1. The van der Waals surface area contributed by atoms with Gasteiger partial charge in [-0.25, -0.2) is 4.39 Å². The highest BCUT2D eigenvalue weighted by molar-refractivity contribution is 5.49. The van der Waals surface area contributed by atoms with Crippen LogP contribution in [0.25, 0.3) is 0 Å². The largest absolute Gasteiger partial charge is 0.389 e. The Morgan fingerprint density at radius 3 is 2.85 bits per heavy atom. The molecular weight excluding hydrogens is 255 g/mol. The molecule has 2 rings (SSSR count). The number of nitrogens with zero attached hydrogens (tertiary/aromatic N) is 2. The number of aliphatic hydroxyl groups is 1. The van der Waals surface area contributed by atoms with Crippen LogP contribution in [-0.2, 0) is 0 Å². The van der Waals surface area contributed by atoms with Gasteiger partial charge in [-0.15, -0.1) is 0 Å². The van der Waals surface area contributed by atoms with Crippen LogP contribution < -0.4 is 4.90 Å². The van der Waals surface area contributed by atoms with Crippen molar-refractivity contribution in [3.05, 3.63) is 29.6 Å². The van der Waals surface area contributed by atoms with Gasteiger partial charge in [-0.2, -0.15) is 0 Å². The third-order valence-electron chi connectivity index (χ3n) is 4.26. The van der Waals surface area contributed by atoms with Crippen LogP contribution in [-0.4, -0.2) is 42.7 Å². The van der Waals surface area contributed by atoms with Gasteiger partial charge in [0.2, 0.25) is 0 Å². The maximum absolute atomic E-state index is 14.1. The number of rotatable bonds is 5. The molecule has 1 aliphatic heterocycles. The van der Waals surface area contributed by atoms with Crippen LogP contribution in [0.15, 0.2) is 18.2 Å². The van der Waals surface area contributed by atoms with Crippen molar-refractivity contribution < 1.29 is 9.50 Å². The first-order valence-corrected chi connectivity index (χ1v) is 7.45. The fourth-order valence-electron chi connectivity index (χ4n) is 3.03. The molecular formula is C16H25FN2O. The lowest BCUT2D eigenvalue weighted by Gasteiger charge is -2.29. The minimum atomic E-state index is -0.630. The lowest BCUT2D eigenvalue weighted by molar-refractivity contribution is 0.199. The Bertz CT molecular complexity index is 450. The minimum Gasteiger partial charge on any atom is -0.389 e. The van der Waals surface area contributed by atoms with Crippen LogP contribution in [0.3, 0.4) is 0 Å². The molecule has 20 heavy (non-hydrogen) atoms. The Hall–Kier alpha value is -1.13. The van der Waals surface area contributed by atoms with E-state index in [0.717, 1.165) is 19.6 Å². The van der Waals surface area contributed by atoms with Crippen LogP contribution in [0.2, 0.25) is 0 Å². The smallest absolute Gasteiger partial charge is 0.146 e. The van der Waals surface area contributed by atoms with Gasteiger partial charge in [0.1, 0.15) is 5.82 Å². The molecule has 1 saturated heterocycles. The van der Waals surface area contributed by atoms with Gasteiger partial charge in [-0.3, -0.25) is 4.90 Å². The highest BCUT2D eigenvalue weighted by atomic mass is 19.1. The summed E-state index contributed by atoms with van der Waals surface area (Å²) in [6.07, 6.45) is 1.79. The van der Waals surface area contributed by atoms with Crippen molar-refractivity contribution in [1.82, 2.24) is 4.90 Å². The third-order valence-corrected chi connectivity index (χ3v) is 4.26. The molecule has 0 bridgehead atoms. The molecule has 1 aromatic rings. The lowest BCUT2D eigenvalue weighted by atomic mass is 10.1. The third kappa shape index (κ3) is 3.30. The fourth-order valence-corrected chi connectivity index (χ4v) is 3.03. The number of aliphatic hydroxyl groups excluding tert-OH is 1. The summed E-state index contributed by atoms with van der Waals surface area (Å²) < 4.78 is 14.1. The minimum absolute atomic E-state index is 0.257. The molecule has 1 N–H and O–H groups in total. The number of halogens is 1. The Morgan fingerprint density at radius 1 is 1.50 bits per heavy atom. The van der Waals surface area contributed by atoms with Gasteiger partial charge >= 0.3 is 0 Å². The molecule has 2 atom stereocenters. The molecule has 1 fully saturated rings. The molecule has 0 spiro atoms. The van der Waals surface area contributed by atoms with Gasteiger partial charge in [0.25, 0.3) is 0 Å². The summed E-state index contributed by atoms with van der Waals surface area (Å²) in [4.78, 5) is 4.44. The van der Waals surface area contributed by atoms with Crippen molar-refractivity contribution in [3.8, 4) is 0 Å². The predicted molar refractivity (Wildman–Crippen MR) is 80.6 cm³/mol. The zero-order valence-corrected chi connectivity index (χ0v) is 12.6. The molecule has 3 nitrogen and oxygen atoms in total. The second kappa shape index (κ2) is 6.55. The topological polar surface area (TPSA) is 26.7 Å². The Balaban J connectivity index is 2.07. The van der Waals surface area contributed by atoms with Gasteiger partial charge in [0.15, 0.2) is 0 Å². The van der Waals surface area contributed by atoms with E-state index in [1.807, 2.05) is 11.9 Å². The summed E-state index contributed by atoms with van der Waals surface area (Å²) >= 11 is 0. The quantitative estimate of drug-likeness (QED) is 0.898. The molecule has 1 aromatic carbocycles. The maximum atomic E-state index is 14.1. The van der Waals surface area contributed by atoms with Crippen molar-refractivity contribution >= 4 is 5.69 Å². The molecule has 1 unspecified atom stereocenters. The fraction of sp³-hybridized carbons (Fsp3) is 0.625. The summed E-state index contributed by atoms with van der Waals surface area (Å²) in [7, 11) is 1.94. The van der Waals surface area contributed by atoms with Crippen LogP contribution in [0.4, 0.5) is 10.1 Å². The van der Waals surface area contributed by atoms with E-state index in [-0.39, 0.29) is 5.82 Å². The number of hydrogen-bond acceptors (Lipinski definition) is 3. The number of likely N-dealkylation sites (tertiary alicyclic amines) is 1. The summed E-state index contributed by atoms with van der Waals surface area (Å²) in [5, 5.41) is 9.49. The summed E-state index contributed by atoms with van der Waals surface area (Å²) in [5.74, 6) is -0.257. The number of likely N-dealkylation sites (N-methyl/N-ethyl adjacent to an activating group) is 2. The van der Waals surface area contributed by atoms with Crippen molar-refractivity contribution in [2.24, 2.45) is 0 Å². The van der Waals surface area contributed by atoms with Crippen LogP contribution in [0, 0.1) is 5.82 Å². The van der Waals surface area contributed by atoms with E-state index in [4.69, 9.17) is 0 Å². The summed E-state index contributed by atoms with van der Waals surface area (Å²) in [6.45, 7) is 6.88. The lowest BCUT2D eigenvalue weighted by Crippen LogP contribution is -2.39. The SMILES string of the molecule is CCN1CCCC1CN(C)c1ccc([C@H](C)O)cc1F. The monoisotopic (exact) mass is 280 g/mol. The van der Waals surface area contributed by atoms with E-state index in [2.05, 4.69) is 11.8 Å². The number of anilines is 1. The van der Waals surface area contributed by atoms with Gasteiger partial charge in [-0.05, 0) is 50.6 Å². The van der Waals surface area contributed by atoms with Crippen LogP contribution in [0.5, 0.6) is 0 Å². The molecule has 4 heteroatoms. The maximum Gasteiger partial charge on any atom is 0.146 e. The zero-order chi connectivity index (χ0) is 14.7. The zero-order valence-electron chi connectivity index (χ0n) is 12.6. The van der Waals surface area contributed by atoms with Gasteiger partial charge in [0.05, 0.1) is 11.8 Å². The first kappa shape index (κ1) is 15.3. The van der Waals surface area contributed by atoms with E-state index in [1.165, 1.54) is 18.9 Å². The van der Waals surface area contributed by atoms with E-state index in [9.17, 15) is 9.50 Å². The normalized spacial score (nSPS) is 21.1. The Morgan fingerprint density at radius 2 is 2.25 bits per heavy atom. The average Bonchev–Trinajstić information content (AvgIpc) is 2.85. The van der Waals surface area contributed by atoms with Crippen LogP contribution >= 0.6 is 0 Å². The van der Waals surface area contributed by atoms with Gasteiger partial charge < -0.3 is 10.0 Å². The molecule has 1 heterocycles. The first-order valence-electron chi connectivity index (χ1n) is 7.45. The average molecular weight is 280 g/mol. The van der Waals surface area contributed by atoms with E-state index < -0.39 is 6.10 Å². The Labute approximate surface area is 121 Å². The van der Waals surface area contributed by atoms with Crippen molar-refractivity contribution in [2.75, 3.05) is 31.6 Å². The Kier molecular flexibility index (Phi) is 5.00. The van der Waals surface area contributed by atoms with Gasteiger partial charge in [-0.1, -0.05) is 13.0 Å². The van der Waals surface area contributed by atoms with Gasteiger partial charge in [0, 0.05) is 19.6 Å². The van der Waals surface area contributed by atoms with Crippen molar-refractivity contribution in [3.63, 3.8) is 0 Å². The summed E-state index contributed by atoms with van der Waals surface area (Å²) in [6, 6.07) is 5.51. The molecule has 1 aliphatic rings. The second-order valence-corrected chi connectivity index (χ2v) is 5.69. The molecule has 0 amide bonds. The van der Waals surface area contributed by atoms with E-state index in [0.29, 0.717) is 17.3 Å². The predicted octanol–water partition coefficient (Wildman–Crippen LogP) is 2.80. The highest BCUT2D eigenvalue weighted by Gasteiger charge is 2.24. The molecule has 112 valence electrons. The highest BCUT2D eigenvalue weighted by Crippen LogP contribution is 2.25. The van der Waals surface area contributed by atoms with Crippen LogP contribution in [0.1, 0.15) is 38.4 Å². The standard InChI is InChI=1S/C16H25FN2O/c1-4-19-9-5-6-14(19)11-18(3)16-8-7-13(12(2)20)10-15(16)17/h7-8,10,12,14,20H,4-6,9,11H2,1-3H3/t12-,14?/m0/s1.